The van der Waals surface area contributed by atoms with Gasteiger partial charge in [0, 0.05) is 5.56 Å². The van der Waals surface area contributed by atoms with Crippen molar-refractivity contribution in [1.29, 1.82) is 0 Å². The van der Waals surface area contributed by atoms with Crippen LogP contribution in [0.4, 0.5) is 13.2 Å². The first-order valence-corrected chi connectivity index (χ1v) is 8.07. The summed E-state index contributed by atoms with van der Waals surface area (Å²) in [6.07, 6.45) is -4.86. The Morgan fingerprint density at radius 2 is 1.96 bits per heavy atom. The minimum atomic E-state index is -4.49. The van der Waals surface area contributed by atoms with Crippen LogP contribution in [0.2, 0.25) is 0 Å². The number of carbonyl (C=O) groups is 2. The molecule has 0 aliphatic carbocycles. The molecule has 26 heavy (non-hydrogen) atoms. The highest BCUT2D eigenvalue weighted by Gasteiger charge is 2.36. The Morgan fingerprint density at radius 3 is 2.50 bits per heavy atom. The van der Waals surface area contributed by atoms with E-state index in [0.717, 1.165) is 12.1 Å². The van der Waals surface area contributed by atoms with Crippen LogP contribution in [0.1, 0.15) is 38.3 Å². The topological polar surface area (TPSA) is 79.5 Å². The van der Waals surface area contributed by atoms with Crippen LogP contribution in [0.3, 0.4) is 0 Å². The third-order valence-electron chi connectivity index (χ3n) is 4.17. The summed E-state index contributed by atoms with van der Waals surface area (Å²) >= 11 is 0. The number of amides is 2. The minimum Gasteiger partial charge on any atom is -0.496 e. The van der Waals surface area contributed by atoms with Crippen LogP contribution < -0.4 is 20.7 Å². The van der Waals surface area contributed by atoms with Crippen LogP contribution in [0.25, 0.3) is 0 Å². The van der Waals surface area contributed by atoms with Gasteiger partial charge in [0.25, 0.3) is 0 Å². The molecule has 6 nitrogen and oxygen atoms in total. The number of hydrogen-bond donors (Lipinski definition) is 3. The van der Waals surface area contributed by atoms with Crippen LogP contribution in [-0.4, -0.2) is 31.1 Å². The molecular formula is C17H22F3N3O3. The lowest BCUT2D eigenvalue weighted by Gasteiger charge is -2.33. The highest BCUT2D eigenvalue weighted by molar-refractivity contribution is 5.90. The van der Waals surface area contributed by atoms with E-state index in [1.165, 1.54) is 13.2 Å². The largest absolute Gasteiger partial charge is 0.496 e. The summed E-state index contributed by atoms with van der Waals surface area (Å²) in [6, 6.07) is 2.40. The van der Waals surface area contributed by atoms with Gasteiger partial charge < -0.3 is 15.4 Å². The van der Waals surface area contributed by atoms with E-state index in [2.05, 4.69) is 16.0 Å². The molecule has 1 aromatic carbocycles. The van der Waals surface area contributed by atoms with E-state index < -0.39 is 29.2 Å². The van der Waals surface area contributed by atoms with Crippen molar-refractivity contribution >= 4 is 11.8 Å². The zero-order valence-electron chi connectivity index (χ0n) is 15.0. The fourth-order valence-electron chi connectivity index (χ4n) is 2.90. The van der Waals surface area contributed by atoms with Gasteiger partial charge in [-0.25, -0.2) is 0 Å². The standard InChI is InChI=1S/C17H22F3N3O3/c1-9-21-12(8-14(24)22-9)15(25)23-16(2,3)11-6-5-10(17(18,19)20)7-13(11)26-4/h5-7,9,12,21H,8H2,1-4H3,(H,22,24)(H,23,25). The zero-order chi connectivity index (χ0) is 19.7. The van der Waals surface area contributed by atoms with E-state index in [1.54, 1.807) is 20.8 Å². The zero-order valence-corrected chi connectivity index (χ0v) is 15.0. The smallest absolute Gasteiger partial charge is 0.416 e. The molecule has 0 radical (unpaired) electrons. The number of ether oxygens (including phenoxy) is 1. The molecule has 1 aromatic rings. The molecule has 0 spiro atoms. The molecule has 1 heterocycles. The van der Waals surface area contributed by atoms with Crippen LogP contribution in [0.15, 0.2) is 18.2 Å². The summed E-state index contributed by atoms with van der Waals surface area (Å²) in [7, 11) is 1.27. The highest BCUT2D eigenvalue weighted by Crippen LogP contribution is 2.36. The Hall–Kier alpha value is -2.29. The second-order valence-corrected chi connectivity index (χ2v) is 6.74. The second-order valence-electron chi connectivity index (χ2n) is 6.74. The maximum absolute atomic E-state index is 12.9. The predicted molar refractivity (Wildman–Crippen MR) is 88.3 cm³/mol. The van der Waals surface area contributed by atoms with Gasteiger partial charge >= 0.3 is 6.18 Å². The Morgan fingerprint density at radius 1 is 1.31 bits per heavy atom. The predicted octanol–water partition coefficient (Wildman–Crippen LogP) is 1.89. The summed E-state index contributed by atoms with van der Waals surface area (Å²) < 4.78 is 43.8. The fraction of sp³-hybridized carbons (Fsp3) is 0.529. The summed E-state index contributed by atoms with van der Waals surface area (Å²) in [6.45, 7) is 5.02. The molecule has 2 atom stereocenters. The van der Waals surface area contributed by atoms with Crippen molar-refractivity contribution in [2.24, 2.45) is 0 Å². The van der Waals surface area contributed by atoms with E-state index in [9.17, 15) is 22.8 Å². The molecule has 3 N–H and O–H groups in total. The lowest BCUT2D eigenvalue weighted by Crippen LogP contribution is -2.61. The van der Waals surface area contributed by atoms with Crippen LogP contribution >= 0.6 is 0 Å². The monoisotopic (exact) mass is 373 g/mol. The molecule has 2 amide bonds. The summed E-state index contributed by atoms with van der Waals surface area (Å²) in [5.74, 6) is -0.646. The number of methoxy groups -OCH3 is 1. The van der Waals surface area contributed by atoms with Crippen molar-refractivity contribution in [2.45, 2.75) is 51.1 Å². The van der Waals surface area contributed by atoms with Crippen molar-refractivity contribution in [3.63, 3.8) is 0 Å². The fourth-order valence-corrected chi connectivity index (χ4v) is 2.90. The maximum atomic E-state index is 12.9. The van der Waals surface area contributed by atoms with E-state index in [-0.39, 0.29) is 24.2 Å². The molecule has 2 rings (SSSR count). The van der Waals surface area contributed by atoms with Gasteiger partial charge in [-0.15, -0.1) is 0 Å². The minimum absolute atomic E-state index is 0.0175. The quantitative estimate of drug-likeness (QED) is 0.753. The first-order chi connectivity index (χ1) is 11.9. The molecule has 0 saturated carbocycles. The van der Waals surface area contributed by atoms with Crippen LogP contribution in [-0.2, 0) is 21.3 Å². The van der Waals surface area contributed by atoms with Gasteiger partial charge in [-0.2, -0.15) is 13.2 Å². The number of benzene rings is 1. The van der Waals surface area contributed by atoms with E-state index in [1.807, 2.05) is 0 Å². The molecule has 1 fully saturated rings. The van der Waals surface area contributed by atoms with Gasteiger partial charge in [0.05, 0.1) is 36.8 Å². The molecule has 1 aliphatic heterocycles. The van der Waals surface area contributed by atoms with Crippen molar-refractivity contribution in [3.05, 3.63) is 29.3 Å². The highest BCUT2D eigenvalue weighted by atomic mass is 19.4. The SMILES string of the molecule is COc1cc(C(F)(F)F)ccc1C(C)(C)NC(=O)C1CC(=O)NC(C)N1. The number of alkyl halides is 3. The molecule has 9 heteroatoms. The average molecular weight is 373 g/mol. The van der Waals surface area contributed by atoms with Gasteiger partial charge in [0.1, 0.15) is 5.75 Å². The third-order valence-corrected chi connectivity index (χ3v) is 4.17. The number of carbonyl (C=O) groups excluding carboxylic acids is 2. The Bertz CT molecular complexity index is 704. The van der Waals surface area contributed by atoms with Gasteiger partial charge in [-0.1, -0.05) is 6.07 Å². The van der Waals surface area contributed by atoms with Crippen molar-refractivity contribution < 1.29 is 27.5 Å². The van der Waals surface area contributed by atoms with Crippen molar-refractivity contribution in [3.8, 4) is 5.75 Å². The van der Waals surface area contributed by atoms with Crippen LogP contribution in [0.5, 0.6) is 5.75 Å². The molecule has 2 unspecified atom stereocenters. The van der Waals surface area contributed by atoms with E-state index >= 15 is 0 Å². The summed E-state index contributed by atoms with van der Waals surface area (Å²) in [4.78, 5) is 24.1. The van der Waals surface area contributed by atoms with Gasteiger partial charge in [0.2, 0.25) is 11.8 Å². The first-order valence-electron chi connectivity index (χ1n) is 8.07. The van der Waals surface area contributed by atoms with Crippen molar-refractivity contribution in [2.75, 3.05) is 7.11 Å². The lowest BCUT2D eigenvalue weighted by molar-refractivity contribution is -0.137. The Labute approximate surface area is 149 Å². The normalized spacial score (nSPS) is 21.1. The summed E-state index contributed by atoms with van der Waals surface area (Å²) in [5, 5.41) is 8.37. The van der Waals surface area contributed by atoms with E-state index in [4.69, 9.17) is 4.74 Å². The maximum Gasteiger partial charge on any atom is 0.416 e. The average Bonchev–Trinajstić information content (AvgIpc) is 2.52. The van der Waals surface area contributed by atoms with Gasteiger partial charge in [0.15, 0.2) is 0 Å². The second kappa shape index (κ2) is 7.14. The lowest BCUT2D eigenvalue weighted by atomic mass is 9.91. The third kappa shape index (κ3) is 4.46. The Balaban J connectivity index is 2.23. The molecule has 0 aromatic heterocycles. The Kier molecular flexibility index (Phi) is 5.50. The van der Waals surface area contributed by atoms with Gasteiger partial charge in [-0.3, -0.25) is 14.9 Å². The molecule has 144 valence electrons. The number of hydrogen-bond acceptors (Lipinski definition) is 4. The molecule has 0 bridgehead atoms. The van der Waals surface area contributed by atoms with Crippen LogP contribution in [0, 0.1) is 0 Å². The summed E-state index contributed by atoms with van der Waals surface area (Å²) in [5.41, 5.74) is -1.44. The molecule has 1 aliphatic rings. The number of rotatable bonds is 4. The number of halogens is 3. The first kappa shape index (κ1) is 20.0. The number of nitrogens with one attached hydrogen (secondary N) is 3. The van der Waals surface area contributed by atoms with E-state index in [0.29, 0.717) is 5.56 Å². The van der Waals surface area contributed by atoms with Crippen molar-refractivity contribution in [1.82, 2.24) is 16.0 Å². The molecule has 1 saturated heterocycles. The van der Waals surface area contributed by atoms with Gasteiger partial charge in [-0.05, 0) is 32.9 Å². The molecular weight excluding hydrogens is 351 g/mol.